The first-order valence-corrected chi connectivity index (χ1v) is 7.14. The lowest BCUT2D eigenvalue weighted by Crippen LogP contribution is -2.29. The smallest absolute Gasteiger partial charge is 0.118 e. The Morgan fingerprint density at radius 1 is 1.16 bits per heavy atom. The summed E-state index contributed by atoms with van der Waals surface area (Å²) in [6.07, 6.45) is 1.25. The predicted molar refractivity (Wildman–Crippen MR) is 81.7 cm³/mol. The molecule has 0 fully saturated rings. The molecule has 1 N–H and O–H groups in total. The highest BCUT2D eigenvalue weighted by molar-refractivity contribution is 5.26. The van der Waals surface area contributed by atoms with E-state index in [1.165, 1.54) is 12.0 Å². The molecule has 0 bridgehead atoms. The zero-order chi connectivity index (χ0) is 14.1. The maximum absolute atomic E-state index is 5.16. The highest BCUT2D eigenvalue weighted by Gasteiger charge is 2.01. The third-order valence-electron chi connectivity index (χ3n) is 3.18. The van der Waals surface area contributed by atoms with Gasteiger partial charge in [0.2, 0.25) is 0 Å². The van der Waals surface area contributed by atoms with Crippen LogP contribution in [0.15, 0.2) is 24.3 Å². The molecular weight excluding hydrogens is 236 g/mol. The minimum atomic E-state index is 0.782. The van der Waals surface area contributed by atoms with E-state index in [2.05, 4.69) is 43.2 Å². The molecule has 1 aromatic carbocycles. The van der Waals surface area contributed by atoms with Crippen LogP contribution in [0.5, 0.6) is 5.75 Å². The molecule has 1 rings (SSSR count). The summed E-state index contributed by atoms with van der Waals surface area (Å²) in [5.74, 6) is 1.70. The standard InChI is InChI=1S/C16H28N2O/c1-14(2)9-10-17-11-12-18(3)13-15-5-7-16(19-4)8-6-15/h5-8,14,17H,9-13H2,1-4H3. The van der Waals surface area contributed by atoms with Gasteiger partial charge in [-0.25, -0.2) is 0 Å². The number of nitrogens with one attached hydrogen (secondary N) is 1. The van der Waals surface area contributed by atoms with Crippen molar-refractivity contribution in [3.63, 3.8) is 0 Å². The van der Waals surface area contributed by atoms with Crippen LogP contribution in [0.3, 0.4) is 0 Å². The van der Waals surface area contributed by atoms with Crippen LogP contribution in [-0.4, -0.2) is 38.7 Å². The first kappa shape index (κ1) is 16.0. The van der Waals surface area contributed by atoms with Gasteiger partial charge in [0.1, 0.15) is 5.75 Å². The third-order valence-corrected chi connectivity index (χ3v) is 3.18. The molecule has 0 amide bonds. The Hall–Kier alpha value is -1.06. The minimum absolute atomic E-state index is 0.782. The lowest BCUT2D eigenvalue weighted by Gasteiger charge is -2.17. The van der Waals surface area contributed by atoms with Crippen LogP contribution in [0.4, 0.5) is 0 Å². The monoisotopic (exact) mass is 264 g/mol. The summed E-state index contributed by atoms with van der Waals surface area (Å²) in [7, 11) is 3.86. The van der Waals surface area contributed by atoms with E-state index in [9.17, 15) is 0 Å². The summed E-state index contributed by atoms with van der Waals surface area (Å²) >= 11 is 0. The number of ether oxygens (including phenoxy) is 1. The first-order chi connectivity index (χ1) is 9.11. The maximum atomic E-state index is 5.16. The molecule has 0 atom stereocenters. The fourth-order valence-corrected chi connectivity index (χ4v) is 1.91. The Kier molecular flexibility index (Phi) is 7.53. The van der Waals surface area contributed by atoms with Crippen LogP contribution in [-0.2, 0) is 6.54 Å². The van der Waals surface area contributed by atoms with Gasteiger partial charge in [-0.15, -0.1) is 0 Å². The molecule has 3 nitrogen and oxygen atoms in total. The molecule has 0 saturated heterocycles. The van der Waals surface area contributed by atoms with Crippen LogP contribution in [0.1, 0.15) is 25.8 Å². The minimum Gasteiger partial charge on any atom is -0.497 e. The zero-order valence-electron chi connectivity index (χ0n) is 12.8. The molecular formula is C16H28N2O. The average Bonchev–Trinajstić information content (AvgIpc) is 2.39. The molecule has 19 heavy (non-hydrogen) atoms. The van der Waals surface area contributed by atoms with Gasteiger partial charge in [0, 0.05) is 19.6 Å². The van der Waals surface area contributed by atoms with E-state index in [-0.39, 0.29) is 0 Å². The van der Waals surface area contributed by atoms with Crippen molar-refractivity contribution in [2.75, 3.05) is 33.8 Å². The molecule has 0 radical (unpaired) electrons. The van der Waals surface area contributed by atoms with Crippen molar-refractivity contribution in [1.82, 2.24) is 10.2 Å². The summed E-state index contributed by atoms with van der Waals surface area (Å²) in [6.45, 7) is 8.75. The van der Waals surface area contributed by atoms with Gasteiger partial charge < -0.3 is 15.0 Å². The van der Waals surface area contributed by atoms with Crippen LogP contribution >= 0.6 is 0 Å². The second-order valence-electron chi connectivity index (χ2n) is 5.52. The fraction of sp³-hybridized carbons (Fsp3) is 0.625. The van der Waals surface area contributed by atoms with Crippen LogP contribution < -0.4 is 10.1 Å². The van der Waals surface area contributed by atoms with Crippen LogP contribution in [0, 0.1) is 5.92 Å². The largest absolute Gasteiger partial charge is 0.497 e. The molecule has 0 aliphatic carbocycles. The summed E-state index contributed by atoms with van der Waals surface area (Å²) < 4.78 is 5.16. The van der Waals surface area contributed by atoms with Crippen LogP contribution in [0.2, 0.25) is 0 Å². The van der Waals surface area contributed by atoms with E-state index in [0.29, 0.717) is 0 Å². The van der Waals surface area contributed by atoms with Gasteiger partial charge in [-0.05, 0) is 43.6 Å². The summed E-state index contributed by atoms with van der Waals surface area (Å²) in [6, 6.07) is 8.29. The van der Waals surface area contributed by atoms with Gasteiger partial charge in [0.15, 0.2) is 0 Å². The van der Waals surface area contributed by atoms with E-state index in [1.54, 1.807) is 7.11 Å². The Bertz CT molecular complexity index is 335. The lowest BCUT2D eigenvalue weighted by molar-refractivity contribution is 0.322. The molecule has 1 aromatic rings. The van der Waals surface area contributed by atoms with Crippen molar-refractivity contribution in [2.45, 2.75) is 26.8 Å². The van der Waals surface area contributed by atoms with Gasteiger partial charge in [-0.3, -0.25) is 0 Å². The molecule has 3 heteroatoms. The normalized spacial score (nSPS) is 11.3. The lowest BCUT2D eigenvalue weighted by atomic mass is 10.1. The van der Waals surface area contributed by atoms with E-state index < -0.39 is 0 Å². The number of benzene rings is 1. The van der Waals surface area contributed by atoms with Gasteiger partial charge >= 0.3 is 0 Å². The number of rotatable bonds is 9. The van der Waals surface area contributed by atoms with Crippen molar-refractivity contribution >= 4 is 0 Å². The maximum Gasteiger partial charge on any atom is 0.118 e. The quantitative estimate of drug-likeness (QED) is 0.694. The number of hydrogen-bond acceptors (Lipinski definition) is 3. The number of hydrogen-bond donors (Lipinski definition) is 1. The summed E-state index contributed by atoms with van der Waals surface area (Å²) in [4.78, 5) is 2.34. The van der Waals surface area contributed by atoms with Crippen molar-refractivity contribution in [1.29, 1.82) is 0 Å². The molecule has 0 unspecified atom stereocenters. The van der Waals surface area contributed by atoms with Crippen molar-refractivity contribution in [3.8, 4) is 5.75 Å². The molecule has 108 valence electrons. The second-order valence-corrected chi connectivity index (χ2v) is 5.52. The van der Waals surface area contributed by atoms with Crippen LogP contribution in [0.25, 0.3) is 0 Å². The number of likely N-dealkylation sites (N-methyl/N-ethyl adjacent to an activating group) is 1. The van der Waals surface area contributed by atoms with Gasteiger partial charge in [0.25, 0.3) is 0 Å². The van der Waals surface area contributed by atoms with Gasteiger partial charge in [-0.1, -0.05) is 26.0 Å². The number of nitrogens with zero attached hydrogens (tertiary/aromatic N) is 1. The molecule has 0 saturated carbocycles. The van der Waals surface area contributed by atoms with Gasteiger partial charge in [0.05, 0.1) is 7.11 Å². The SMILES string of the molecule is COc1ccc(CN(C)CCNCCC(C)C)cc1. The topological polar surface area (TPSA) is 24.5 Å². The molecule has 0 heterocycles. The van der Waals surface area contributed by atoms with E-state index in [4.69, 9.17) is 4.74 Å². The Morgan fingerprint density at radius 2 is 1.84 bits per heavy atom. The first-order valence-electron chi connectivity index (χ1n) is 7.14. The van der Waals surface area contributed by atoms with E-state index in [0.717, 1.165) is 37.8 Å². The second kappa shape index (κ2) is 8.94. The van der Waals surface area contributed by atoms with Gasteiger partial charge in [-0.2, -0.15) is 0 Å². The Balaban J connectivity index is 2.17. The summed E-state index contributed by atoms with van der Waals surface area (Å²) in [5, 5.41) is 3.49. The average molecular weight is 264 g/mol. The Morgan fingerprint density at radius 3 is 2.42 bits per heavy atom. The zero-order valence-corrected chi connectivity index (χ0v) is 12.8. The molecule has 0 aromatic heterocycles. The molecule has 0 aliphatic heterocycles. The van der Waals surface area contributed by atoms with Crippen molar-refractivity contribution < 1.29 is 4.74 Å². The molecule has 0 aliphatic rings. The van der Waals surface area contributed by atoms with Crippen molar-refractivity contribution in [2.24, 2.45) is 5.92 Å². The number of methoxy groups -OCH3 is 1. The van der Waals surface area contributed by atoms with E-state index >= 15 is 0 Å². The Labute approximate surface area is 118 Å². The third kappa shape index (κ3) is 7.19. The highest BCUT2D eigenvalue weighted by atomic mass is 16.5. The molecule has 0 spiro atoms. The van der Waals surface area contributed by atoms with E-state index in [1.807, 2.05) is 12.1 Å². The fourth-order valence-electron chi connectivity index (χ4n) is 1.91. The highest BCUT2D eigenvalue weighted by Crippen LogP contribution is 2.12. The van der Waals surface area contributed by atoms with Crippen molar-refractivity contribution in [3.05, 3.63) is 29.8 Å². The summed E-state index contributed by atoms with van der Waals surface area (Å²) in [5.41, 5.74) is 1.32. The predicted octanol–water partition coefficient (Wildman–Crippen LogP) is 2.76.